The van der Waals surface area contributed by atoms with Crippen molar-refractivity contribution in [3.63, 3.8) is 0 Å². The van der Waals surface area contributed by atoms with Crippen LogP contribution in [0, 0.1) is 11.8 Å². The molecule has 1 saturated carbocycles. The predicted molar refractivity (Wildman–Crippen MR) is 85.9 cm³/mol. The Bertz CT molecular complexity index is 314. The van der Waals surface area contributed by atoms with Crippen molar-refractivity contribution in [1.82, 2.24) is 9.80 Å². The molecule has 0 radical (unpaired) electrons. The van der Waals surface area contributed by atoms with E-state index in [1.807, 2.05) is 0 Å². The van der Waals surface area contributed by atoms with E-state index in [9.17, 15) is 0 Å². The standard InChI is InChI=1S/C16H32N4/c1-13(2)6-9-20-10-7-14(8-11-20)12-18-16(17)19(3)15-4-5-15/h13-15H,4-12H2,1-3H3,(H2,17,18). The fourth-order valence-electron chi connectivity index (χ4n) is 2.82. The normalized spacial score (nSPS) is 22.5. The van der Waals surface area contributed by atoms with Gasteiger partial charge in [-0.25, -0.2) is 0 Å². The zero-order chi connectivity index (χ0) is 14.5. The summed E-state index contributed by atoms with van der Waals surface area (Å²) in [6.07, 6.45) is 6.44. The molecule has 4 heteroatoms. The molecule has 4 nitrogen and oxygen atoms in total. The lowest BCUT2D eigenvalue weighted by Crippen LogP contribution is -2.38. The van der Waals surface area contributed by atoms with Gasteiger partial charge in [0.25, 0.3) is 0 Å². The summed E-state index contributed by atoms with van der Waals surface area (Å²) in [6, 6.07) is 0.664. The number of hydrogen-bond donors (Lipinski definition) is 1. The molecule has 0 bridgehead atoms. The molecular formula is C16H32N4. The molecular weight excluding hydrogens is 248 g/mol. The van der Waals surface area contributed by atoms with Gasteiger partial charge in [-0.15, -0.1) is 0 Å². The maximum absolute atomic E-state index is 6.05. The van der Waals surface area contributed by atoms with Gasteiger partial charge in [0.2, 0.25) is 0 Å². The quantitative estimate of drug-likeness (QED) is 0.599. The van der Waals surface area contributed by atoms with E-state index in [0.717, 1.165) is 24.3 Å². The second-order valence-corrected chi connectivity index (χ2v) is 7.01. The average molecular weight is 280 g/mol. The minimum absolute atomic E-state index is 0.664. The van der Waals surface area contributed by atoms with Crippen molar-refractivity contribution in [2.75, 3.05) is 33.2 Å². The Morgan fingerprint density at radius 2 is 1.90 bits per heavy atom. The third-order valence-corrected chi connectivity index (χ3v) is 4.70. The van der Waals surface area contributed by atoms with Crippen LogP contribution in [0.1, 0.15) is 46.0 Å². The van der Waals surface area contributed by atoms with Gasteiger partial charge in [0, 0.05) is 19.6 Å². The van der Waals surface area contributed by atoms with Crippen molar-refractivity contribution in [1.29, 1.82) is 0 Å². The van der Waals surface area contributed by atoms with E-state index < -0.39 is 0 Å². The SMILES string of the molecule is CC(C)CCN1CCC(CN=C(N)N(C)C2CC2)CC1. The fraction of sp³-hybridized carbons (Fsp3) is 0.938. The second-order valence-electron chi connectivity index (χ2n) is 7.01. The molecule has 2 fully saturated rings. The number of guanidine groups is 1. The third-order valence-electron chi connectivity index (χ3n) is 4.70. The van der Waals surface area contributed by atoms with Crippen LogP contribution in [0.4, 0.5) is 0 Å². The summed E-state index contributed by atoms with van der Waals surface area (Å²) >= 11 is 0. The van der Waals surface area contributed by atoms with Crippen LogP contribution in [-0.4, -0.2) is 55.0 Å². The summed E-state index contributed by atoms with van der Waals surface area (Å²) in [7, 11) is 2.07. The van der Waals surface area contributed by atoms with Crippen LogP contribution in [0.5, 0.6) is 0 Å². The topological polar surface area (TPSA) is 44.9 Å². The van der Waals surface area contributed by atoms with Crippen LogP contribution < -0.4 is 5.73 Å². The highest BCUT2D eigenvalue weighted by Gasteiger charge is 2.27. The Balaban J connectivity index is 1.65. The minimum Gasteiger partial charge on any atom is -0.370 e. The lowest BCUT2D eigenvalue weighted by atomic mass is 9.96. The van der Waals surface area contributed by atoms with Gasteiger partial charge in [0.1, 0.15) is 0 Å². The molecule has 1 saturated heterocycles. The highest BCUT2D eigenvalue weighted by molar-refractivity contribution is 5.78. The van der Waals surface area contributed by atoms with Crippen LogP contribution in [0.2, 0.25) is 0 Å². The summed E-state index contributed by atoms with van der Waals surface area (Å²) in [4.78, 5) is 9.37. The zero-order valence-corrected chi connectivity index (χ0v) is 13.5. The van der Waals surface area contributed by atoms with Crippen molar-refractivity contribution in [3.05, 3.63) is 0 Å². The number of likely N-dealkylation sites (tertiary alicyclic amines) is 1. The fourth-order valence-corrected chi connectivity index (χ4v) is 2.82. The van der Waals surface area contributed by atoms with Gasteiger partial charge in [-0.1, -0.05) is 13.8 Å². The Morgan fingerprint density at radius 1 is 1.25 bits per heavy atom. The largest absolute Gasteiger partial charge is 0.370 e. The maximum atomic E-state index is 6.05. The lowest BCUT2D eigenvalue weighted by Gasteiger charge is -2.31. The van der Waals surface area contributed by atoms with Gasteiger partial charge in [-0.05, 0) is 63.6 Å². The van der Waals surface area contributed by atoms with Gasteiger partial charge in [-0.2, -0.15) is 0 Å². The first-order valence-corrected chi connectivity index (χ1v) is 8.31. The molecule has 2 N–H and O–H groups in total. The Labute approximate surface area is 124 Å². The van der Waals surface area contributed by atoms with Crippen molar-refractivity contribution in [2.45, 2.75) is 52.0 Å². The molecule has 20 heavy (non-hydrogen) atoms. The number of rotatable bonds is 6. The molecule has 0 aromatic rings. The molecule has 0 atom stereocenters. The molecule has 1 aliphatic carbocycles. The number of nitrogens with two attached hydrogens (primary N) is 1. The van der Waals surface area contributed by atoms with Gasteiger partial charge in [-0.3, -0.25) is 4.99 Å². The maximum Gasteiger partial charge on any atom is 0.191 e. The lowest BCUT2D eigenvalue weighted by molar-refractivity contribution is 0.179. The van der Waals surface area contributed by atoms with Crippen molar-refractivity contribution in [2.24, 2.45) is 22.6 Å². The van der Waals surface area contributed by atoms with Crippen LogP contribution in [-0.2, 0) is 0 Å². The summed E-state index contributed by atoms with van der Waals surface area (Å²) < 4.78 is 0. The molecule has 0 amide bonds. The van der Waals surface area contributed by atoms with Gasteiger partial charge in [0.05, 0.1) is 0 Å². The molecule has 0 unspecified atom stereocenters. The van der Waals surface area contributed by atoms with E-state index in [4.69, 9.17) is 5.73 Å². The first-order valence-electron chi connectivity index (χ1n) is 8.31. The third kappa shape index (κ3) is 4.97. The van der Waals surface area contributed by atoms with Crippen molar-refractivity contribution >= 4 is 5.96 Å². The van der Waals surface area contributed by atoms with Crippen molar-refractivity contribution in [3.8, 4) is 0 Å². The van der Waals surface area contributed by atoms with Gasteiger partial charge in [0.15, 0.2) is 5.96 Å². The smallest absolute Gasteiger partial charge is 0.191 e. The molecule has 2 aliphatic rings. The van der Waals surface area contributed by atoms with E-state index in [1.54, 1.807) is 0 Å². The van der Waals surface area contributed by atoms with Crippen molar-refractivity contribution < 1.29 is 0 Å². The first kappa shape index (κ1) is 15.6. The Kier molecular flexibility index (Phi) is 5.70. The minimum atomic E-state index is 0.664. The van der Waals surface area contributed by atoms with E-state index in [-0.39, 0.29) is 0 Å². The van der Waals surface area contributed by atoms with E-state index >= 15 is 0 Å². The highest BCUT2D eigenvalue weighted by Crippen LogP contribution is 2.25. The number of hydrogen-bond acceptors (Lipinski definition) is 2. The Morgan fingerprint density at radius 3 is 2.45 bits per heavy atom. The second kappa shape index (κ2) is 7.30. The number of nitrogens with zero attached hydrogens (tertiary/aromatic N) is 3. The molecule has 1 heterocycles. The number of piperidine rings is 1. The summed E-state index contributed by atoms with van der Waals surface area (Å²) in [5, 5.41) is 0. The summed E-state index contributed by atoms with van der Waals surface area (Å²) in [5.41, 5.74) is 6.05. The highest BCUT2D eigenvalue weighted by atomic mass is 15.3. The first-order chi connectivity index (χ1) is 9.56. The molecule has 0 aromatic carbocycles. The van der Waals surface area contributed by atoms with E-state index in [2.05, 4.69) is 35.7 Å². The Hall–Kier alpha value is -0.770. The summed E-state index contributed by atoms with van der Waals surface area (Å²) in [6.45, 7) is 9.28. The van der Waals surface area contributed by atoms with E-state index in [0.29, 0.717) is 6.04 Å². The van der Waals surface area contributed by atoms with Gasteiger partial charge >= 0.3 is 0 Å². The molecule has 0 spiro atoms. The molecule has 116 valence electrons. The predicted octanol–water partition coefficient (Wildman–Crippen LogP) is 2.15. The van der Waals surface area contributed by atoms with Crippen LogP contribution in [0.15, 0.2) is 4.99 Å². The van der Waals surface area contributed by atoms with Crippen LogP contribution in [0.25, 0.3) is 0 Å². The average Bonchev–Trinajstić information content (AvgIpc) is 3.27. The van der Waals surface area contributed by atoms with Crippen LogP contribution in [0.3, 0.4) is 0 Å². The van der Waals surface area contributed by atoms with Crippen LogP contribution >= 0.6 is 0 Å². The zero-order valence-electron chi connectivity index (χ0n) is 13.5. The summed E-state index contributed by atoms with van der Waals surface area (Å²) in [5.74, 6) is 2.29. The molecule has 2 rings (SSSR count). The number of aliphatic imine (C=N–C) groups is 1. The molecule has 0 aromatic heterocycles. The molecule has 1 aliphatic heterocycles. The van der Waals surface area contributed by atoms with E-state index in [1.165, 1.54) is 51.7 Å². The monoisotopic (exact) mass is 280 g/mol. The van der Waals surface area contributed by atoms with Gasteiger partial charge < -0.3 is 15.5 Å².